The van der Waals surface area contributed by atoms with Crippen molar-refractivity contribution in [2.75, 3.05) is 44.7 Å². The predicted molar refractivity (Wildman–Crippen MR) is 101 cm³/mol. The van der Waals surface area contributed by atoms with Gasteiger partial charge in [0.25, 0.3) is 0 Å². The van der Waals surface area contributed by atoms with Crippen molar-refractivity contribution in [3.63, 3.8) is 0 Å². The lowest BCUT2D eigenvalue weighted by molar-refractivity contribution is -0.179. The molecular formula is C16H31NO6S2. The van der Waals surface area contributed by atoms with Crippen molar-refractivity contribution >= 4 is 33.5 Å². The maximum atomic E-state index is 12.1. The lowest BCUT2D eigenvalue weighted by Crippen LogP contribution is -2.48. The molecule has 0 spiro atoms. The molecule has 0 aromatic heterocycles. The molecule has 0 unspecified atom stereocenters. The zero-order valence-corrected chi connectivity index (χ0v) is 16.8. The van der Waals surface area contributed by atoms with Crippen molar-refractivity contribution < 1.29 is 28.9 Å². The topological polar surface area (TPSA) is 108 Å². The normalized spacial score (nSPS) is 11.4. The van der Waals surface area contributed by atoms with Crippen molar-refractivity contribution in [1.29, 1.82) is 0 Å². The molecule has 0 heterocycles. The molecule has 0 atom stereocenters. The van der Waals surface area contributed by atoms with Gasteiger partial charge >= 0.3 is 11.9 Å². The number of aliphatic hydroxyl groups is 1. The summed E-state index contributed by atoms with van der Waals surface area (Å²) in [7, 11) is 3.17. The Morgan fingerprint density at radius 3 is 2.12 bits per heavy atom. The van der Waals surface area contributed by atoms with E-state index in [1.54, 1.807) is 24.6 Å². The number of rotatable bonds is 16. The first kappa shape index (κ1) is 24.5. The number of esters is 2. The Labute approximate surface area is 158 Å². The van der Waals surface area contributed by atoms with E-state index in [1.807, 2.05) is 0 Å². The summed E-state index contributed by atoms with van der Waals surface area (Å²) in [5.41, 5.74) is 3.62. The molecule has 0 saturated heterocycles. The molecule has 0 aromatic rings. The SMILES string of the molecule is CCOC(=O)C(CO)(COCSSCCCCCCN)C(=O)OCC. The van der Waals surface area contributed by atoms with Crippen LogP contribution >= 0.6 is 21.6 Å². The minimum absolute atomic E-state index is 0.106. The Morgan fingerprint density at radius 1 is 1.00 bits per heavy atom. The number of carbonyl (C=O) groups excluding carboxylic acids is 2. The monoisotopic (exact) mass is 397 g/mol. The van der Waals surface area contributed by atoms with Crippen LogP contribution in [0, 0.1) is 5.41 Å². The van der Waals surface area contributed by atoms with E-state index in [0.29, 0.717) is 5.94 Å². The third kappa shape index (κ3) is 9.69. The van der Waals surface area contributed by atoms with E-state index in [4.69, 9.17) is 19.9 Å². The van der Waals surface area contributed by atoms with Crippen LogP contribution in [0.15, 0.2) is 0 Å². The molecule has 148 valence electrons. The fourth-order valence-corrected chi connectivity index (χ4v) is 3.69. The van der Waals surface area contributed by atoms with Crippen LogP contribution in [0.25, 0.3) is 0 Å². The summed E-state index contributed by atoms with van der Waals surface area (Å²) in [6.07, 6.45) is 4.48. The standard InChI is InChI=1S/C16H31NO6S2/c1-3-22-14(19)16(11-18,15(20)23-4-2)12-21-13-25-24-10-8-6-5-7-9-17/h18H,3-13,17H2,1-2H3. The largest absolute Gasteiger partial charge is 0.465 e. The number of ether oxygens (including phenoxy) is 3. The summed E-state index contributed by atoms with van der Waals surface area (Å²) >= 11 is 0. The molecule has 25 heavy (non-hydrogen) atoms. The van der Waals surface area contributed by atoms with Crippen molar-refractivity contribution in [3.05, 3.63) is 0 Å². The van der Waals surface area contributed by atoms with Crippen molar-refractivity contribution in [3.8, 4) is 0 Å². The first-order valence-electron chi connectivity index (χ1n) is 8.56. The summed E-state index contributed by atoms with van der Waals surface area (Å²) in [5.74, 6) is -0.352. The zero-order valence-electron chi connectivity index (χ0n) is 15.2. The molecule has 0 saturated carbocycles. The second-order valence-corrected chi connectivity index (χ2v) is 7.82. The highest BCUT2D eigenvalue weighted by Gasteiger charge is 2.49. The van der Waals surface area contributed by atoms with Gasteiger partial charge in [0.05, 0.1) is 26.4 Å². The minimum Gasteiger partial charge on any atom is -0.465 e. The summed E-state index contributed by atoms with van der Waals surface area (Å²) in [6, 6.07) is 0. The minimum atomic E-state index is -1.82. The van der Waals surface area contributed by atoms with Crippen LogP contribution in [0.4, 0.5) is 0 Å². The van der Waals surface area contributed by atoms with Gasteiger partial charge in [-0.05, 0) is 33.2 Å². The smallest absolute Gasteiger partial charge is 0.328 e. The van der Waals surface area contributed by atoms with Gasteiger partial charge in [-0.15, -0.1) is 0 Å². The van der Waals surface area contributed by atoms with Gasteiger partial charge in [0.2, 0.25) is 5.41 Å². The van der Waals surface area contributed by atoms with Crippen molar-refractivity contribution in [2.24, 2.45) is 11.1 Å². The third-order valence-electron chi connectivity index (χ3n) is 3.35. The molecular weight excluding hydrogens is 366 g/mol. The van der Waals surface area contributed by atoms with Crippen LogP contribution in [0.5, 0.6) is 0 Å². The molecule has 0 aliphatic rings. The number of hydrogen-bond donors (Lipinski definition) is 2. The van der Waals surface area contributed by atoms with Crippen molar-refractivity contribution in [2.45, 2.75) is 39.5 Å². The second-order valence-electron chi connectivity index (χ2n) is 5.29. The van der Waals surface area contributed by atoms with Gasteiger partial charge in [-0.25, -0.2) is 0 Å². The van der Waals surface area contributed by atoms with Gasteiger partial charge in [-0.1, -0.05) is 34.4 Å². The van der Waals surface area contributed by atoms with Crippen LogP contribution in [0.1, 0.15) is 39.5 Å². The molecule has 7 nitrogen and oxygen atoms in total. The molecule has 0 aliphatic heterocycles. The molecule has 3 N–H and O–H groups in total. The first-order valence-corrected chi connectivity index (χ1v) is 11.0. The molecule has 0 amide bonds. The lowest BCUT2D eigenvalue weighted by atomic mass is 9.90. The zero-order chi connectivity index (χ0) is 19.0. The molecule has 0 aliphatic carbocycles. The van der Waals surface area contributed by atoms with E-state index in [2.05, 4.69) is 0 Å². The number of aliphatic hydroxyl groups excluding tert-OH is 1. The number of hydrogen-bond acceptors (Lipinski definition) is 9. The highest BCUT2D eigenvalue weighted by atomic mass is 33.1. The average Bonchev–Trinajstić information content (AvgIpc) is 2.60. The van der Waals surface area contributed by atoms with Gasteiger partial charge < -0.3 is 25.1 Å². The van der Waals surface area contributed by atoms with E-state index in [9.17, 15) is 14.7 Å². The Morgan fingerprint density at radius 2 is 1.60 bits per heavy atom. The van der Waals surface area contributed by atoms with Gasteiger partial charge in [-0.3, -0.25) is 9.59 Å². The Hall–Kier alpha value is -0.480. The summed E-state index contributed by atoms with van der Waals surface area (Å²) in [6.45, 7) is 3.22. The number of unbranched alkanes of at least 4 members (excludes halogenated alkanes) is 3. The van der Waals surface area contributed by atoms with Crippen LogP contribution in [-0.4, -0.2) is 61.7 Å². The van der Waals surface area contributed by atoms with Gasteiger partial charge in [-0.2, -0.15) is 0 Å². The van der Waals surface area contributed by atoms with E-state index >= 15 is 0 Å². The van der Waals surface area contributed by atoms with E-state index in [0.717, 1.165) is 38.0 Å². The Kier molecular flexibility index (Phi) is 15.4. The maximum Gasteiger partial charge on any atom is 0.328 e. The van der Waals surface area contributed by atoms with E-state index in [1.165, 1.54) is 10.8 Å². The molecule has 0 bridgehead atoms. The quantitative estimate of drug-likeness (QED) is 0.133. The Bertz CT molecular complexity index is 353. The molecule has 9 heteroatoms. The van der Waals surface area contributed by atoms with Crippen LogP contribution < -0.4 is 5.73 Å². The average molecular weight is 398 g/mol. The van der Waals surface area contributed by atoms with E-state index < -0.39 is 24.0 Å². The van der Waals surface area contributed by atoms with Crippen molar-refractivity contribution in [1.82, 2.24) is 0 Å². The van der Waals surface area contributed by atoms with Crippen LogP contribution in [0.3, 0.4) is 0 Å². The van der Waals surface area contributed by atoms with Gasteiger partial charge in [0, 0.05) is 5.75 Å². The van der Waals surface area contributed by atoms with Crippen LogP contribution in [-0.2, 0) is 23.8 Å². The molecule has 0 aromatic carbocycles. The molecule has 0 radical (unpaired) electrons. The summed E-state index contributed by atoms with van der Waals surface area (Å²) in [5, 5.41) is 9.61. The third-order valence-corrected chi connectivity index (χ3v) is 5.52. The van der Waals surface area contributed by atoms with Gasteiger partial charge in [0.1, 0.15) is 5.94 Å². The van der Waals surface area contributed by atoms with Crippen LogP contribution in [0.2, 0.25) is 0 Å². The van der Waals surface area contributed by atoms with E-state index in [-0.39, 0.29) is 19.8 Å². The molecule has 0 rings (SSSR count). The summed E-state index contributed by atoms with van der Waals surface area (Å²) < 4.78 is 15.2. The fraction of sp³-hybridized carbons (Fsp3) is 0.875. The predicted octanol–water partition coefficient (Wildman–Crippen LogP) is 1.97. The number of carbonyl (C=O) groups is 2. The van der Waals surface area contributed by atoms with Gasteiger partial charge in [0.15, 0.2) is 0 Å². The number of nitrogens with two attached hydrogens (primary N) is 1. The first-order chi connectivity index (χ1) is 12.1. The Balaban J connectivity index is 4.22. The second kappa shape index (κ2) is 15.7. The summed E-state index contributed by atoms with van der Waals surface area (Å²) in [4.78, 5) is 24.2. The lowest BCUT2D eigenvalue weighted by Gasteiger charge is -2.26. The highest BCUT2D eigenvalue weighted by molar-refractivity contribution is 8.76. The maximum absolute atomic E-state index is 12.1. The fourth-order valence-electron chi connectivity index (χ4n) is 1.92. The highest BCUT2D eigenvalue weighted by Crippen LogP contribution is 2.26. The molecule has 0 fully saturated rings.